The average Bonchev–Trinajstić information content (AvgIpc) is 2.13. The molecule has 0 radical (unpaired) electrons. The number of aryl methyl sites for hydroxylation is 2. The largest absolute Gasteiger partial charge is 0.335 e. The molecule has 0 spiro atoms. The van der Waals surface area contributed by atoms with Gasteiger partial charge in [-0.2, -0.15) is 0 Å². The van der Waals surface area contributed by atoms with Crippen molar-refractivity contribution < 1.29 is 13.2 Å². The first-order chi connectivity index (χ1) is 8.32. The van der Waals surface area contributed by atoms with E-state index in [0.717, 1.165) is 0 Å². The Balaban J connectivity index is 2.71. The Labute approximate surface area is 110 Å². The second kappa shape index (κ2) is 5.96. The SMILES string of the molecule is Cc1cc(C)nc(NC(=O)NS(=O)(=O)CCCl)n1. The van der Waals surface area contributed by atoms with Crippen LogP contribution in [0.1, 0.15) is 11.4 Å². The number of hydrogen-bond acceptors (Lipinski definition) is 5. The molecular weight excluding hydrogens is 280 g/mol. The van der Waals surface area contributed by atoms with Gasteiger partial charge in [0.05, 0.1) is 5.75 Å². The summed E-state index contributed by atoms with van der Waals surface area (Å²) in [6.45, 7) is 3.48. The van der Waals surface area contributed by atoms with Crippen LogP contribution >= 0.6 is 11.6 Å². The van der Waals surface area contributed by atoms with E-state index in [-0.39, 0.29) is 17.6 Å². The molecule has 1 rings (SSSR count). The molecule has 0 saturated heterocycles. The number of nitrogens with zero attached hydrogens (tertiary/aromatic N) is 2. The number of sulfonamides is 1. The van der Waals surface area contributed by atoms with Crippen LogP contribution in [0, 0.1) is 13.8 Å². The number of amides is 2. The number of nitrogens with one attached hydrogen (secondary N) is 2. The van der Waals surface area contributed by atoms with Crippen LogP contribution in [0.4, 0.5) is 10.7 Å². The van der Waals surface area contributed by atoms with Gasteiger partial charge in [-0.25, -0.2) is 27.9 Å². The summed E-state index contributed by atoms with van der Waals surface area (Å²) in [5.41, 5.74) is 1.34. The molecule has 9 heteroatoms. The molecular formula is C9H13ClN4O3S. The summed E-state index contributed by atoms with van der Waals surface area (Å²) in [6, 6.07) is 0.818. The van der Waals surface area contributed by atoms with E-state index in [1.807, 2.05) is 0 Å². The van der Waals surface area contributed by atoms with Crippen molar-refractivity contribution in [3.8, 4) is 0 Å². The van der Waals surface area contributed by atoms with E-state index in [4.69, 9.17) is 11.6 Å². The molecule has 100 valence electrons. The zero-order valence-electron chi connectivity index (χ0n) is 9.90. The fourth-order valence-corrected chi connectivity index (χ4v) is 2.45. The first-order valence-corrected chi connectivity index (χ1v) is 7.21. The lowest BCUT2D eigenvalue weighted by Gasteiger charge is -2.07. The Morgan fingerprint density at radius 2 is 1.89 bits per heavy atom. The summed E-state index contributed by atoms with van der Waals surface area (Å²) < 4.78 is 24.3. The van der Waals surface area contributed by atoms with Gasteiger partial charge in [-0.3, -0.25) is 5.32 Å². The number of rotatable bonds is 4. The highest BCUT2D eigenvalue weighted by atomic mass is 35.5. The molecule has 18 heavy (non-hydrogen) atoms. The standard InChI is InChI=1S/C9H13ClN4O3S/c1-6-5-7(2)12-8(11-6)13-9(15)14-18(16,17)4-3-10/h5H,3-4H2,1-2H3,(H2,11,12,13,14,15). The predicted molar refractivity (Wildman–Crippen MR) is 68.2 cm³/mol. The van der Waals surface area contributed by atoms with Gasteiger partial charge in [0.15, 0.2) is 0 Å². The molecule has 0 unspecified atom stereocenters. The summed E-state index contributed by atoms with van der Waals surface area (Å²) in [5, 5.41) is 2.24. The van der Waals surface area contributed by atoms with Crippen molar-refractivity contribution >= 4 is 33.6 Å². The molecule has 1 heterocycles. The number of alkyl halides is 1. The number of halogens is 1. The number of carbonyl (C=O) groups is 1. The zero-order chi connectivity index (χ0) is 13.8. The lowest BCUT2D eigenvalue weighted by atomic mass is 10.4. The van der Waals surface area contributed by atoms with E-state index in [2.05, 4.69) is 15.3 Å². The van der Waals surface area contributed by atoms with Crippen LogP contribution < -0.4 is 10.0 Å². The van der Waals surface area contributed by atoms with E-state index in [0.29, 0.717) is 11.4 Å². The number of carbonyl (C=O) groups excluding carboxylic acids is 1. The molecule has 1 aromatic heterocycles. The summed E-state index contributed by atoms with van der Waals surface area (Å²) in [5.74, 6) is -0.385. The zero-order valence-corrected chi connectivity index (χ0v) is 11.5. The maximum Gasteiger partial charge on any atom is 0.335 e. The Morgan fingerprint density at radius 3 is 2.39 bits per heavy atom. The second-order valence-corrected chi connectivity index (χ2v) is 5.76. The maximum atomic E-state index is 11.4. The van der Waals surface area contributed by atoms with Crippen LogP contribution in [0.25, 0.3) is 0 Å². The lowest BCUT2D eigenvalue weighted by Crippen LogP contribution is -2.36. The van der Waals surface area contributed by atoms with Crippen molar-refractivity contribution in [2.45, 2.75) is 13.8 Å². The highest BCUT2D eigenvalue weighted by Gasteiger charge is 2.14. The minimum atomic E-state index is -3.72. The monoisotopic (exact) mass is 292 g/mol. The summed E-state index contributed by atoms with van der Waals surface area (Å²) >= 11 is 5.30. The number of anilines is 1. The number of hydrogen-bond donors (Lipinski definition) is 2. The Hall–Kier alpha value is -1.41. The van der Waals surface area contributed by atoms with Crippen molar-refractivity contribution in [3.05, 3.63) is 17.5 Å². The summed E-state index contributed by atoms with van der Waals surface area (Å²) in [7, 11) is -3.72. The minimum absolute atomic E-state index is 0.0473. The van der Waals surface area contributed by atoms with Crippen molar-refractivity contribution in [2.24, 2.45) is 0 Å². The smallest absolute Gasteiger partial charge is 0.275 e. The van der Waals surface area contributed by atoms with E-state index in [9.17, 15) is 13.2 Å². The van der Waals surface area contributed by atoms with Crippen molar-refractivity contribution in [1.82, 2.24) is 14.7 Å². The first-order valence-electron chi connectivity index (χ1n) is 5.02. The third-order valence-corrected chi connectivity index (χ3v) is 3.45. The quantitative estimate of drug-likeness (QED) is 0.799. The van der Waals surface area contributed by atoms with E-state index in [1.165, 1.54) is 0 Å². The summed E-state index contributed by atoms with van der Waals surface area (Å²) in [6.07, 6.45) is 0. The van der Waals surface area contributed by atoms with E-state index < -0.39 is 16.1 Å². The molecule has 0 atom stereocenters. The molecule has 0 bridgehead atoms. The summed E-state index contributed by atoms with van der Waals surface area (Å²) in [4.78, 5) is 19.3. The fourth-order valence-electron chi connectivity index (χ4n) is 1.20. The van der Waals surface area contributed by atoms with Crippen molar-refractivity contribution in [1.29, 1.82) is 0 Å². The van der Waals surface area contributed by atoms with Gasteiger partial charge >= 0.3 is 6.03 Å². The van der Waals surface area contributed by atoms with Gasteiger partial charge in [0, 0.05) is 17.3 Å². The van der Waals surface area contributed by atoms with Crippen LogP contribution in [-0.2, 0) is 10.0 Å². The molecule has 0 aromatic carbocycles. The van der Waals surface area contributed by atoms with Crippen LogP contribution in [0.15, 0.2) is 6.07 Å². The molecule has 0 aliphatic carbocycles. The molecule has 7 nitrogen and oxygen atoms in total. The highest BCUT2D eigenvalue weighted by molar-refractivity contribution is 7.90. The van der Waals surface area contributed by atoms with Crippen LogP contribution in [-0.4, -0.2) is 36.0 Å². The van der Waals surface area contributed by atoms with Gasteiger partial charge in [-0.1, -0.05) is 0 Å². The average molecular weight is 293 g/mol. The molecule has 0 aliphatic rings. The Morgan fingerprint density at radius 1 is 1.33 bits per heavy atom. The van der Waals surface area contributed by atoms with Gasteiger partial charge < -0.3 is 0 Å². The van der Waals surface area contributed by atoms with E-state index >= 15 is 0 Å². The van der Waals surface area contributed by atoms with Gasteiger partial charge in [0.1, 0.15) is 0 Å². The molecule has 0 saturated carbocycles. The number of urea groups is 1. The second-order valence-electron chi connectivity index (χ2n) is 3.54. The Kier molecular flexibility index (Phi) is 4.85. The van der Waals surface area contributed by atoms with Gasteiger partial charge in [-0.15, -0.1) is 11.6 Å². The Bertz CT molecular complexity index is 526. The predicted octanol–water partition coefficient (Wildman–Crippen LogP) is 0.784. The third-order valence-electron chi connectivity index (χ3n) is 1.80. The van der Waals surface area contributed by atoms with Gasteiger partial charge in [-0.05, 0) is 19.9 Å². The van der Waals surface area contributed by atoms with Gasteiger partial charge in [0.25, 0.3) is 0 Å². The molecule has 2 amide bonds. The topological polar surface area (TPSA) is 101 Å². The molecule has 0 fully saturated rings. The van der Waals surface area contributed by atoms with Crippen molar-refractivity contribution in [2.75, 3.05) is 16.9 Å². The van der Waals surface area contributed by atoms with E-state index in [1.54, 1.807) is 24.6 Å². The molecule has 2 N–H and O–H groups in total. The molecule has 0 aliphatic heterocycles. The number of aromatic nitrogens is 2. The third kappa shape index (κ3) is 4.84. The normalized spacial score (nSPS) is 11.1. The van der Waals surface area contributed by atoms with Gasteiger partial charge in [0.2, 0.25) is 16.0 Å². The first kappa shape index (κ1) is 14.7. The van der Waals surface area contributed by atoms with Crippen LogP contribution in [0.3, 0.4) is 0 Å². The lowest BCUT2D eigenvalue weighted by molar-refractivity contribution is 0.256. The molecule has 1 aromatic rings. The maximum absolute atomic E-state index is 11.4. The van der Waals surface area contributed by atoms with Crippen molar-refractivity contribution in [3.63, 3.8) is 0 Å². The van der Waals surface area contributed by atoms with Crippen LogP contribution in [0.2, 0.25) is 0 Å². The minimum Gasteiger partial charge on any atom is -0.275 e. The van der Waals surface area contributed by atoms with Crippen LogP contribution in [0.5, 0.6) is 0 Å². The highest BCUT2D eigenvalue weighted by Crippen LogP contribution is 2.03. The fraction of sp³-hybridized carbons (Fsp3) is 0.444.